The zero-order chi connectivity index (χ0) is 13.5. The van der Waals surface area contributed by atoms with E-state index in [-0.39, 0.29) is 0 Å². The Hall–Kier alpha value is -1.02. The third-order valence-electron chi connectivity index (χ3n) is 3.55. The highest BCUT2D eigenvalue weighted by atomic mass is 16.5. The van der Waals surface area contributed by atoms with Gasteiger partial charge in [-0.05, 0) is 49.0 Å². The van der Waals surface area contributed by atoms with E-state index in [0.717, 1.165) is 18.7 Å². The molecule has 0 spiro atoms. The zero-order valence-corrected chi connectivity index (χ0v) is 12.4. The number of hydrogen-bond donors (Lipinski definition) is 1. The molecule has 1 aromatic rings. The predicted octanol–water partition coefficient (Wildman–Crippen LogP) is 3.61. The first kappa shape index (κ1) is 15.0. The lowest BCUT2D eigenvalue weighted by Crippen LogP contribution is -2.20. The number of methoxy groups -OCH3 is 1. The topological polar surface area (TPSA) is 21.3 Å². The summed E-state index contributed by atoms with van der Waals surface area (Å²) in [4.78, 5) is 0. The van der Waals surface area contributed by atoms with Crippen LogP contribution in [-0.4, -0.2) is 20.7 Å². The summed E-state index contributed by atoms with van der Waals surface area (Å²) in [5, 5.41) is 3.27. The molecule has 0 amide bonds. The van der Waals surface area contributed by atoms with Gasteiger partial charge in [-0.1, -0.05) is 39.3 Å². The molecule has 0 aliphatic heterocycles. The Balaban J connectivity index is 2.92. The number of hydrogen-bond acceptors (Lipinski definition) is 2. The van der Waals surface area contributed by atoms with Crippen LogP contribution in [0.4, 0.5) is 0 Å². The van der Waals surface area contributed by atoms with Gasteiger partial charge in [-0.3, -0.25) is 0 Å². The van der Waals surface area contributed by atoms with E-state index >= 15 is 0 Å². The molecule has 0 fully saturated rings. The number of rotatable bonds is 7. The van der Waals surface area contributed by atoms with Gasteiger partial charge in [-0.25, -0.2) is 0 Å². The van der Waals surface area contributed by atoms with Crippen LogP contribution in [0.25, 0.3) is 0 Å². The summed E-state index contributed by atoms with van der Waals surface area (Å²) in [6.07, 6.45) is 2.27. The van der Waals surface area contributed by atoms with Crippen molar-refractivity contribution in [1.82, 2.24) is 5.32 Å². The quantitative estimate of drug-likeness (QED) is 0.797. The largest absolute Gasteiger partial charge is 0.496 e. The Morgan fingerprint density at radius 3 is 2.50 bits per heavy atom. The Kier molecular flexibility index (Phi) is 6.20. The summed E-state index contributed by atoms with van der Waals surface area (Å²) in [5.74, 6) is 2.26. The minimum atomic E-state index is 0.569. The average molecular weight is 249 g/mol. The smallest absolute Gasteiger partial charge is 0.122 e. The predicted molar refractivity (Wildman–Crippen MR) is 78.5 cm³/mol. The maximum atomic E-state index is 5.48. The van der Waals surface area contributed by atoms with Crippen molar-refractivity contribution >= 4 is 0 Å². The normalized spacial score (nSPS) is 12.8. The Labute approximate surface area is 112 Å². The highest BCUT2D eigenvalue weighted by molar-refractivity contribution is 5.38. The fourth-order valence-electron chi connectivity index (χ4n) is 2.28. The fourth-order valence-corrected chi connectivity index (χ4v) is 2.28. The summed E-state index contributed by atoms with van der Waals surface area (Å²) in [6.45, 7) is 7.78. The van der Waals surface area contributed by atoms with E-state index < -0.39 is 0 Å². The van der Waals surface area contributed by atoms with Crippen molar-refractivity contribution in [2.24, 2.45) is 5.92 Å². The van der Waals surface area contributed by atoms with Gasteiger partial charge in [-0.2, -0.15) is 0 Å². The Morgan fingerprint density at radius 1 is 1.28 bits per heavy atom. The SMILES string of the molecule is CCC(CNC)Cc1cc(C(C)C)ccc1OC. The van der Waals surface area contributed by atoms with Crippen LogP contribution in [0.1, 0.15) is 44.2 Å². The summed E-state index contributed by atoms with van der Waals surface area (Å²) in [5.41, 5.74) is 2.73. The van der Waals surface area contributed by atoms with Gasteiger partial charge in [-0.15, -0.1) is 0 Å². The van der Waals surface area contributed by atoms with E-state index in [1.807, 2.05) is 7.05 Å². The van der Waals surface area contributed by atoms with Crippen LogP contribution in [0.15, 0.2) is 18.2 Å². The van der Waals surface area contributed by atoms with E-state index in [0.29, 0.717) is 11.8 Å². The number of ether oxygens (including phenoxy) is 1. The summed E-state index contributed by atoms with van der Waals surface area (Å²) >= 11 is 0. The van der Waals surface area contributed by atoms with Crippen LogP contribution in [0, 0.1) is 5.92 Å². The molecule has 0 heterocycles. The van der Waals surface area contributed by atoms with E-state index in [1.54, 1.807) is 7.11 Å². The van der Waals surface area contributed by atoms with Crippen molar-refractivity contribution in [3.8, 4) is 5.75 Å². The molecule has 18 heavy (non-hydrogen) atoms. The first-order valence-corrected chi connectivity index (χ1v) is 6.93. The second kappa shape index (κ2) is 7.42. The lowest BCUT2D eigenvalue weighted by molar-refractivity contribution is 0.400. The summed E-state index contributed by atoms with van der Waals surface area (Å²) in [7, 11) is 3.78. The third-order valence-corrected chi connectivity index (χ3v) is 3.55. The van der Waals surface area contributed by atoms with E-state index in [2.05, 4.69) is 44.3 Å². The molecule has 102 valence electrons. The van der Waals surface area contributed by atoms with Gasteiger partial charge in [0.1, 0.15) is 5.75 Å². The summed E-state index contributed by atoms with van der Waals surface area (Å²) in [6, 6.07) is 6.59. The molecule has 1 aromatic carbocycles. The molecule has 0 radical (unpaired) electrons. The second-order valence-electron chi connectivity index (χ2n) is 5.26. The van der Waals surface area contributed by atoms with Gasteiger partial charge in [0, 0.05) is 0 Å². The van der Waals surface area contributed by atoms with Crippen molar-refractivity contribution in [1.29, 1.82) is 0 Å². The van der Waals surface area contributed by atoms with E-state index in [9.17, 15) is 0 Å². The van der Waals surface area contributed by atoms with Crippen molar-refractivity contribution in [3.05, 3.63) is 29.3 Å². The van der Waals surface area contributed by atoms with E-state index in [1.165, 1.54) is 17.5 Å². The molecular formula is C16H27NO. The molecule has 0 bridgehead atoms. The van der Waals surface area contributed by atoms with Crippen LogP contribution in [-0.2, 0) is 6.42 Å². The molecule has 1 rings (SSSR count). The second-order valence-corrected chi connectivity index (χ2v) is 5.26. The van der Waals surface area contributed by atoms with Gasteiger partial charge in [0.05, 0.1) is 7.11 Å². The average Bonchev–Trinajstić information content (AvgIpc) is 2.37. The number of benzene rings is 1. The maximum absolute atomic E-state index is 5.48. The van der Waals surface area contributed by atoms with Crippen LogP contribution < -0.4 is 10.1 Å². The molecule has 0 aliphatic carbocycles. The van der Waals surface area contributed by atoms with Crippen molar-refractivity contribution < 1.29 is 4.74 Å². The minimum Gasteiger partial charge on any atom is -0.496 e. The lowest BCUT2D eigenvalue weighted by Gasteiger charge is -2.18. The van der Waals surface area contributed by atoms with Crippen molar-refractivity contribution in [3.63, 3.8) is 0 Å². The Bertz CT molecular complexity index is 360. The van der Waals surface area contributed by atoms with E-state index in [4.69, 9.17) is 4.74 Å². The highest BCUT2D eigenvalue weighted by Gasteiger charge is 2.12. The molecule has 0 aromatic heterocycles. The zero-order valence-electron chi connectivity index (χ0n) is 12.4. The Morgan fingerprint density at radius 2 is 2.00 bits per heavy atom. The van der Waals surface area contributed by atoms with Gasteiger partial charge >= 0.3 is 0 Å². The van der Waals surface area contributed by atoms with Gasteiger partial charge < -0.3 is 10.1 Å². The van der Waals surface area contributed by atoms with Crippen LogP contribution in [0.2, 0.25) is 0 Å². The minimum absolute atomic E-state index is 0.569. The summed E-state index contributed by atoms with van der Waals surface area (Å²) < 4.78 is 5.48. The molecule has 2 heteroatoms. The molecule has 1 atom stereocenters. The van der Waals surface area contributed by atoms with Crippen LogP contribution >= 0.6 is 0 Å². The highest BCUT2D eigenvalue weighted by Crippen LogP contribution is 2.26. The lowest BCUT2D eigenvalue weighted by atomic mass is 9.93. The van der Waals surface area contributed by atoms with Gasteiger partial charge in [0.2, 0.25) is 0 Å². The molecule has 0 saturated heterocycles. The van der Waals surface area contributed by atoms with Crippen molar-refractivity contribution in [2.45, 2.75) is 39.5 Å². The van der Waals surface area contributed by atoms with Gasteiger partial charge in [0.25, 0.3) is 0 Å². The molecule has 2 nitrogen and oxygen atoms in total. The standard InChI is InChI=1S/C16H27NO/c1-6-13(11-17-4)9-15-10-14(12(2)3)7-8-16(15)18-5/h7-8,10,12-13,17H,6,9,11H2,1-5H3. The molecule has 1 unspecified atom stereocenters. The first-order chi connectivity index (χ1) is 8.62. The first-order valence-electron chi connectivity index (χ1n) is 6.93. The molecular weight excluding hydrogens is 222 g/mol. The monoisotopic (exact) mass is 249 g/mol. The molecule has 0 saturated carbocycles. The molecule has 1 N–H and O–H groups in total. The van der Waals surface area contributed by atoms with Crippen molar-refractivity contribution in [2.75, 3.05) is 20.7 Å². The third kappa shape index (κ3) is 4.02. The van der Waals surface area contributed by atoms with Gasteiger partial charge in [0.15, 0.2) is 0 Å². The molecule has 0 aliphatic rings. The fraction of sp³-hybridized carbons (Fsp3) is 0.625. The maximum Gasteiger partial charge on any atom is 0.122 e. The van der Waals surface area contributed by atoms with Crippen LogP contribution in [0.5, 0.6) is 5.75 Å². The van der Waals surface area contributed by atoms with Crippen LogP contribution in [0.3, 0.4) is 0 Å². The number of nitrogens with one attached hydrogen (secondary N) is 1.